The summed E-state index contributed by atoms with van der Waals surface area (Å²) in [5.74, 6) is 2.38. The predicted octanol–water partition coefficient (Wildman–Crippen LogP) is 4.22. The van der Waals surface area contributed by atoms with Crippen LogP contribution in [0, 0.1) is 5.92 Å². The van der Waals surface area contributed by atoms with Gasteiger partial charge in [0.05, 0.1) is 20.3 Å². The van der Waals surface area contributed by atoms with Gasteiger partial charge in [-0.2, -0.15) is 0 Å². The Hall–Kier alpha value is -0.740. The van der Waals surface area contributed by atoms with E-state index in [4.69, 9.17) is 14.2 Å². The molecule has 0 aliphatic heterocycles. The smallest absolute Gasteiger partial charge is 0.160 e. The zero-order chi connectivity index (χ0) is 15.2. The molecule has 118 valence electrons. The third-order valence-corrected chi connectivity index (χ3v) is 4.79. The number of hydrogen-bond acceptors (Lipinski definition) is 3. The summed E-state index contributed by atoms with van der Waals surface area (Å²) in [5, 5.41) is 0. The molecule has 0 N–H and O–H groups in total. The number of methoxy groups -OCH3 is 2. The Bertz CT molecular complexity index is 444. The topological polar surface area (TPSA) is 27.7 Å². The Kier molecular flexibility index (Phi) is 6.37. The maximum Gasteiger partial charge on any atom is 0.160 e. The quantitative estimate of drug-likeness (QED) is 0.652. The molecule has 0 radical (unpaired) electrons. The van der Waals surface area contributed by atoms with Gasteiger partial charge in [-0.15, -0.1) is 0 Å². The fraction of sp³-hybridized carbons (Fsp3) is 0.647. The molecule has 4 heteroatoms. The lowest BCUT2D eigenvalue weighted by molar-refractivity contribution is -0.0263. The van der Waals surface area contributed by atoms with Gasteiger partial charge < -0.3 is 14.2 Å². The average Bonchev–Trinajstić information content (AvgIpc) is 2.45. The highest BCUT2D eigenvalue weighted by molar-refractivity contribution is 9.09. The van der Waals surface area contributed by atoms with Crippen molar-refractivity contribution in [1.29, 1.82) is 0 Å². The molecule has 0 heterocycles. The second-order valence-electron chi connectivity index (χ2n) is 5.64. The minimum absolute atomic E-state index is 0.501. The van der Waals surface area contributed by atoms with Crippen LogP contribution in [0.1, 0.15) is 31.7 Å². The van der Waals surface area contributed by atoms with Crippen molar-refractivity contribution in [2.45, 2.75) is 43.5 Å². The molecule has 1 aliphatic rings. The Labute approximate surface area is 136 Å². The Balaban J connectivity index is 1.81. The van der Waals surface area contributed by atoms with Gasteiger partial charge in [0.2, 0.25) is 0 Å². The summed E-state index contributed by atoms with van der Waals surface area (Å²) in [6.07, 6.45) is 5.14. The van der Waals surface area contributed by atoms with Gasteiger partial charge >= 0.3 is 0 Å². The molecule has 0 saturated heterocycles. The zero-order valence-electron chi connectivity index (χ0n) is 13.1. The summed E-state index contributed by atoms with van der Waals surface area (Å²) >= 11 is 3.82. The first-order chi connectivity index (χ1) is 10.2. The summed E-state index contributed by atoms with van der Waals surface area (Å²) in [6.45, 7) is 2.90. The van der Waals surface area contributed by atoms with E-state index in [0.29, 0.717) is 10.9 Å². The van der Waals surface area contributed by atoms with Crippen LogP contribution in [0.4, 0.5) is 0 Å². The van der Waals surface area contributed by atoms with E-state index < -0.39 is 0 Å². The van der Waals surface area contributed by atoms with Crippen LogP contribution in [0.3, 0.4) is 0 Å². The Morgan fingerprint density at radius 2 is 1.90 bits per heavy atom. The molecule has 1 aromatic carbocycles. The van der Waals surface area contributed by atoms with Gasteiger partial charge in [0, 0.05) is 11.4 Å². The van der Waals surface area contributed by atoms with Gasteiger partial charge in [-0.25, -0.2) is 0 Å². The van der Waals surface area contributed by atoms with Crippen molar-refractivity contribution < 1.29 is 14.2 Å². The van der Waals surface area contributed by atoms with Gasteiger partial charge in [-0.3, -0.25) is 0 Å². The van der Waals surface area contributed by atoms with E-state index in [-0.39, 0.29) is 0 Å². The zero-order valence-corrected chi connectivity index (χ0v) is 14.7. The second kappa shape index (κ2) is 8.04. The van der Waals surface area contributed by atoms with Crippen LogP contribution in [-0.4, -0.2) is 31.8 Å². The highest BCUT2D eigenvalue weighted by atomic mass is 79.9. The molecule has 1 atom stereocenters. The fourth-order valence-electron chi connectivity index (χ4n) is 2.95. The number of benzene rings is 1. The molecule has 1 saturated carbocycles. The van der Waals surface area contributed by atoms with Crippen LogP contribution in [0.15, 0.2) is 18.2 Å². The minimum Gasteiger partial charge on any atom is -0.493 e. The molecule has 0 amide bonds. The standard InChI is InChI=1S/C17H25BrO3/c1-4-21-15-9-13(10-15)8-14(18)7-12-5-6-16(19-2)17(11-12)20-3/h5-6,11,13-15H,4,7-10H2,1-3H3. The van der Waals surface area contributed by atoms with E-state index in [1.807, 2.05) is 6.07 Å². The van der Waals surface area contributed by atoms with Crippen molar-refractivity contribution in [3.63, 3.8) is 0 Å². The SMILES string of the molecule is CCOC1CC(CC(Br)Cc2ccc(OC)c(OC)c2)C1. The van der Waals surface area contributed by atoms with E-state index >= 15 is 0 Å². The molecule has 0 spiro atoms. The largest absolute Gasteiger partial charge is 0.493 e. The normalized spacial score (nSPS) is 22.5. The fourth-order valence-corrected chi connectivity index (χ4v) is 3.85. The first-order valence-electron chi connectivity index (χ1n) is 7.62. The van der Waals surface area contributed by atoms with Crippen molar-refractivity contribution >= 4 is 15.9 Å². The number of alkyl halides is 1. The third-order valence-electron chi connectivity index (χ3n) is 4.09. The molecule has 21 heavy (non-hydrogen) atoms. The lowest BCUT2D eigenvalue weighted by Gasteiger charge is -2.36. The minimum atomic E-state index is 0.501. The summed E-state index contributed by atoms with van der Waals surface area (Å²) in [4.78, 5) is 0.503. The Morgan fingerprint density at radius 3 is 2.52 bits per heavy atom. The van der Waals surface area contributed by atoms with Crippen LogP contribution < -0.4 is 9.47 Å². The van der Waals surface area contributed by atoms with Crippen LogP contribution in [-0.2, 0) is 11.2 Å². The van der Waals surface area contributed by atoms with Gasteiger partial charge in [0.15, 0.2) is 11.5 Å². The van der Waals surface area contributed by atoms with Gasteiger partial charge in [0.1, 0.15) is 0 Å². The van der Waals surface area contributed by atoms with Gasteiger partial charge in [-0.05, 0) is 56.2 Å². The first kappa shape index (κ1) is 16.6. The predicted molar refractivity (Wildman–Crippen MR) is 88.7 cm³/mol. The van der Waals surface area contributed by atoms with Crippen LogP contribution >= 0.6 is 15.9 Å². The monoisotopic (exact) mass is 356 g/mol. The summed E-state index contributed by atoms with van der Waals surface area (Å²) in [5.41, 5.74) is 1.27. The molecular formula is C17H25BrO3. The first-order valence-corrected chi connectivity index (χ1v) is 8.54. The maximum atomic E-state index is 5.62. The van der Waals surface area contributed by atoms with Crippen LogP contribution in [0.25, 0.3) is 0 Å². The highest BCUT2D eigenvalue weighted by Gasteiger charge is 2.30. The van der Waals surface area contributed by atoms with Crippen molar-refractivity contribution in [2.75, 3.05) is 20.8 Å². The van der Waals surface area contributed by atoms with Crippen molar-refractivity contribution in [1.82, 2.24) is 0 Å². The number of rotatable bonds is 8. The Morgan fingerprint density at radius 1 is 1.19 bits per heavy atom. The molecule has 0 bridgehead atoms. The maximum absolute atomic E-state index is 5.62. The second-order valence-corrected chi connectivity index (χ2v) is 6.94. The van der Waals surface area contributed by atoms with Crippen molar-refractivity contribution in [3.05, 3.63) is 23.8 Å². The molecular weight excluding hydrogens is 332 g/mol. The van der Waals surface area contributed by atoms with Crippen LogP contribution in [0.2, 0.25) is 0 Å². The van der Waals surface area contributed by atoms with E-state index in [1.54, 1.807) is 14.2 Å². The van der Waals surface area contributed by atoms with E-state index in [1.165, 1.54) is 24.8 Å². The summed E-state index contributed by atoms with van der Waals surface area (Å²) < 4.78 is 16.2. The van der Waals surface area contributed by atoms with Gasteiger partial charge in [0.25, 0.3) is 0 Å². The molecule has 3 nitrogen and oxygen atoms in total. The molecule has 2 rings (SSSR count). The van der Waals surface area contributed by atoms with Crippen molar-refractivity contribution in [2.24, 2.45) is 5.92 Å². The van der Waals surface area contributed by atoms with Crippen molar-refractivity contribution in [3.8, 4) is 11.5 Å². The van der Waals surface area contributed by atoms with E-state index in [0.717, 1.165) is 30.4 Å². The van der Waals surface area contributed by atoms with Crippen LogP contribution in [0.5, 0.6) is 11.5 Å². The molecule has 1 unspecified atom stereocenters. The number of halogens is 1. The third kappa shape index (κ3) is 4.62. The molecule has 1 fully saturated rings. The van der Waals surface area contributed by atoms with Gasteiger partial charge in [-0.1, -0.05) is 22.0 Å². The molecule has 0 aromatic heterocycles. The highest BCUT2D eigenvalue weighted by Crippen LogP contribution is 2.36. The molecule has 1 aliphatic carbocycles. The summed E-state index contributed by atoms with van der Waals surface area (Å²) in [7, 11) is 3.34. The van der Waals surface area contributed by atoms with E-state index in [2.05, 4.69) is 35.0 Å². The van der Waals surface area contributed by atoms with E-state index in [9.17, 15) is 0 Å². The average molecular weight is 357 g/mol. The number of ether oxygens (including phenoxy) is 3. The lowest BCUT2D eigenvalue weighted by Crippen LogP contribution is -2.33. The molecule has 1 aromatic rings. The summed E-state index contributed by atoms with van der Waals surface area (Å²) in [6, 6.07) is 6.15. The lowest BCUT2D eigenvalue weighted by atomic mass is 9.79. The number of hydrogen-bond donors (Lipinski definition) is 0.